The Morgan fingerprint density at radius 3 is 2.64 bits per heavy atom. The highest BCUT2D eigenvalue weighted by Crippen LogP contribution is 2.54. The molecule has 5 heteroatoms. The van der Waals surface area contributed by atoms with E-state index >= 15 is 0 Å². The molecule has 132 valence electrons. The van der Waals surface area contributed by atoms with E-state index in [1.807, 2.05) is 12.1 Å². The monoisotopic (exact) mass is 342 g/mol. The minimum absolute atomic E-state index is 0.0496. The third-order valence-corrected chi connectivity index (χ3v) is 4.98. The normalized spacial score (nSPS) is 20.9. The minimum Gasteiger partial charge on any atom is -0.508 e. The summed E-state index contributed by atoms with van der Waals surface area (Å²) in [6.45, 7) is 3.97. The lowest BCUT2D eigenvalue weighted by atomic mass is 9.88. The Morgan fingerprint density at radius 2 is 1.88 bits per heavy atom. The zero-order valence-electron chi connectivity index (χ0n) is 14.3. The van der Waals surface area contributed by atoms with E-state index < -0.39 is 5.60 Å². The molecule has 0 spiro atoms. The maximum Gasteiger partial charge on any atom is 0.138 e. The van der Waals surface area contributed by atoms with Gasteiger partial charge in [0, 0.05) is 22.8 Å². The molecule has 2 atom stereocenters. The molecule has 4 rings (SSSR count). The van der Waals surface area contributed by atoms with Crippen LogP contribution in [0.15, 0.2) is 30.3 Å². The summed E-state index contributed by atoms with van der Waals surface area (Å²) in [6, 6.07) is 8.63. The van der Waals surface area contributed by atoms with E-state index in [1.165, 1.54) is 0 Å². The van der Waals surface area contributed by atoms with Crippen molar-refractivity contribution in [2.75, 3.05) is 6.61 Å². The number of phenolic OH excluding ortho intramolecular Hbond substituents is 2. The maximum absolute atomic E-state index is 10.3. The third kappa shape index (κ3) is 2.78. The van der Waals surface area contributed by atoms with Crippen LogP contribution in [0.2, 0.25) is 0 Å². The molecule has 0 radical (unpaired) electrons. The Bertz CT molecular complexity index is 822. The Hall–Kier alpha value is -2.40. The number of benzene rings is 2. The highest BCUT2D eigenvalue weighted by molar-refractivity contribution is 5.57. The summed E-state index contributed by atoms with van der Waals surface area (Å²) in [4.78, 5) is 0. The molecular weight excluding hydrogens is 320 g/mol. The average molecular weight is 342 g/mol. The van der Waals surface area contributed by atoms with Crippen molar-refractivity contribution in [3.63, 3.8) is 0 Å². The van der Waals surface area contributed by atoms with Crippen LogP contribution in [0.25, 0.3) is 0 Å². The predicted octanol–water partition coefficient (Wildman–Crippen LogP) is 3.41. The zero-order valence-corrected chi connectivity index (χ0v) is 14.3. The van der Waals surface area contributed by atoms with Crippen molar-refractivity contribution in [3.05, 3.63) is 47.0 Å². The van der Waals surface area contributed by atoms with Gasteiger partial charge in [-0.1, -0.05) is 6.07 Å². The van der Waals surface area contributed by atoms with Crippen LogP contribution in [0.4, 0.5) is 0 Å². The third-order valence-electron chi connectivity index (χ3n) is 4.98. The Morgan fingerprint density at radius 1 is 1.12 bits per heavy atom. The summed E-state index contributed by atoms with van der Waals surface area (Å²) in [5.41, 5.74) is 1.84. The van der Waals surface area contributed by atoms with Crippen molar-refractivity contribution in [1.29, 1.82) is 0 Å². The van der Waals surface area contributed by atoms with Crippen LogP contribution in [-0.2, 0) is 6.42 Å². The molecule has 0 saturated carbocycles. The number of hydrogen-bond donors (Lipinski definition) is 3. The second-order valence-corrected chi connectivity index (χ2v) is 7.47. The first-order chi connectivity index (χ1) is 11.8. The molecule has 5 nitrogen and oxygen atoms in total. The minimum atomic E-state index is -0.812. The molecule has 0 saturated heterocycles. The van der Waals surface area contributed by atoms with Crippen LogP contribution in [0, 0.1) is 0 Å². The fraction of sp³-hybridized carbons (Fsp3) is 0.400. The van der Waals surface area contributed by atoms with Gasteiger partial charge in [0.05, 0.1) is 18.1 Å². The first kappa shape index (κ1) is 16.1. The molecule has 2 unspecified atom stereocenters. The highest BCUT2D eigenvalue weighted by Gasteiger charge is 2.42. The first-order valence-electron chi connectivity index (χ1n) is 8.53. The van der Waals surface area contributed by atoms with Gasteiger partial charge in [-0.05, 0) is 44.9 Å². The van der Waals surface area contributed by atoms with Crippen molar-refractivity contribution in [2.45, 2.75) is 44.3 Å². The first-order valence-corrected chi connectivity index (χ1v) is 8.53. The van der Waals surface area contributed by atoms with E-state index in [0.29, 0.717) is 30.9 Å². The number of aliphatic hydroxyl groups is 1. The van der Waals surface area contributed by atoms with Crippen molar-refractivity contribution >= 4 is 0 Å². The number of ether oxygens (including phenoxy) is 2. The molecule has 3 N–H and O–H groups in total. The van der Waals surface area contributed by atoms with Gasteiger partial charge in [-0.25, -0.2) is 0 Å². The van der Waals surface area contributed by atoms with Gasteiger partial charge in [0.25, 0.3) is 0 Å². The number of rotatable bonds is 3. The van der Waals surface area contributed by atoms with Crippen molar-refractivity contribution in [1.82, 2.24) is 0 Å². The van der Waals surface area contributed by atoms with E-state index in [4.69, 9.17) is 9.47 Å². The second kappa shape index (κ2) is 5.56. The van der Waals surface area contributed by atoms with Gasteiger partial charge in [0.1, 0.15) is 29.1 Å². The highest BCUT2D eigenvalue weighted by atomic mass is 16.5. The van der Waals surface area contributed by atoms with Crippen LogP contribution in [0.1, 0.15) is 49.0 Å². The number of hydrogen-bond acceptors (Lipinski definition) is 5. The summed E-state index contributed by atoms with van der Waals surface area (Å²) in [5.74, 6) is 1.73. The molecule has 0 aliphatic carbocycles. The van der Waals surface area contributed by atoms with Gasteiger partial charge in [-0.2, -0.15) is 0 Å². The van der Waals surface area contributed by atoms with Crippen molar-refractivity contribution < 1.29 is 24.8 Å². The summed E-state index contributed by atoms with van der Waals surface area (Å²) >= 11 is 0. The topological polar surface area (TPSA) is 79.2 Å². The fourth-order valence-corrected chi connectivity index (χ4v) is 3.63. The van der Waals surface area contributed by atoms with E-state index in [0.717, 1.165) is 16.7 Å². The van der Waals surface area contributed by atoms with E-state index in [2.05, 4.69) is 0 Å². The van der Waals surface area contributed by atoms with E-state index in [-0.39, 0.29) is 23.5 Å². The lowest BCUT2D eigenvalue weighted by Crippen LogP contribution is -2.23. The van der Waals surface area contributed by atoms with Gasteiger partial charge in [0.15, 0.2) is 0 Å². The van der Waals surface area contributed by atoms with Crippen molar-refractivity contribution in [2.24, 2.45) is 0 Å². The second-order valence-electron chi connectivity index (χ2n) is 7.47. The molecule has 0 bridgehead atoms. The summed E-state index contributed by atoms with van der Waals surface area (Å²) in [6.07, 6.45) is 0.861. The lowest BCUT2D eigenvalue weighted by Gasteiger charge is -2.27. The van der Waals surface area contributed by atoms with Crippen molar-refractivity contribution in [3.8, 4) is 23.0 Å². The lowest BCUT2D eigenvalue weighted by molar-refractivity contribution is 0.0709. The molecule has 2 aromatic carbocycles. The van der Waals surface area contributed by atoms with E-state index in [9.17, 15) is 15.3 Å². The molecule has 0 aromatic heterocycles. The molecule has 25 heavy (non-hydrogen) atoms. The largest absolute Gasteiger partial charge is 0.508 e. The molecular formula is C20H22O5. The van der Waals surface area contributed by atoms with E-state index in [1.54, 1.807) is 32.0 Å². The van der Waals surface area contributed by atoms with Gasteiger partial charge in [-0.15, -0.1) is 0 Å². The maximum atomic E-state index is 10.3. The molecule has 2 aliphatic heterocycles. The predicted molar refractivity (Wildman–Crippen MR) is 92.4 cm³/mol. The van der Waals surface area contributed by atoms with Gasteiger partial charge in [-0.3, -0.25) is 0 Å². The SMILES string of the molecule is CC(C)(O)CCc1c(O)ccc2c1OC1c3ccc(O)cc3OCC21. The quantitative estimate of drug-likeness (QED) is 0.797. The Kier molecular flexibility index (Phi) is 3.58. The summed E-state index contributed by atoms with van der Waals surface area (Å²) in [7, 11) is 0. The van der Waals surface area contributed by atoms with Gasteiger partial charge < -0.3 is 24.8 Å². The fourth-order valence-electron chi connectivity index (χ4n) is 3.63. The summed E-state index contributed by atoms with van der Waals surface area (Å²) in [5, 5.41) is 30.0. The van der Waals surface area contributed by atoms with Crippen LogP contribution in [0.5, 0.6) is 23.0 Å². The number of aromatic hydroxyl groups is 2. The molecule has 2 aliphatic rings. The molecule has 2 aromatic rings. The molecule has 0 amide bonds. The Balaban J connectivity index is 1.71. The number of fused-ring (bicyclic) bond motifs is 5. The molecule has 0 fully saturated rings. The Labute approximate surface area is 146 Å². The van der Waals surface area contributed by atoms with Gasteiger partial charge in [0.2, 0.25) is 0 Å². The van der Waals surface area contributed by atoms with Crippen LogP contribution >= 0.6 is 0 Å². The van der Waals surface area contributed by atoms with Gasteiger partial charge >= 0.3 is 0 Å². The zero-order chi connectivity index (χ0) is 17.8. The van der Waals surface area contributed by atoms with Crippen LogP contribution in [0.3, 0.4) is 0 Å². The van der Waals surface area contributed by atoms with Crippen LogP contribution in [-0.4, -0.2) is 27.5 Å². The summed E-state index contributed by atoms with van der Waals surface area (Å²) < 4.78 is 12.1. The average Bonchev–Trinajstić information content (AvgIpc) is 2.91. The smallest absolute Gasteiger partial charge is 0.138 e. The van der Waals surface area contributed by atoms with Crippen LogP contribution < -0.4 is 9.47 Å². The standard InChI is InChI=1S/C20H22O5/c1-20(2,23)8-7-13-16(22)6-5-12-15-10-24-17-9-11(21)3-4-14(17)19(15)25-18(12)13/h3-6,9,15,19,21-23H,7-8,10H2,1-2H3. The molecule has 2 heterocycles. The number of phenols is 2.